The highest BCUT2D eigenvalue weighted by Crippen LogP contribution is 2.26. The van der Waals surface area contributed by atoms with Crippen molar-refractivity contribution in [1.29, 1.82) is 0 Å². The van der Waals surface area contributed by atoms with Crippen LogP contribution in [0, 0.1) is 0 Å². The van der Waals surface area contributed by atoms with Crippen LogP contribution in [0.5, 0.6) is 5.75 Å². The third-order valence-electron chi connectivity index (χ3n) is 3.55. The fourth-order valence-electron chi connectivity index (χ4n) is 2.36. The number of rotatable bonds is 4. The molecule has 2 amide bonds. The normalized spacial score (nSPS) is 15.9. The molecule has 1 aromatic carbocycles. The molecule has 0 aromatic heterocycles. The van der Waals surface area contributed by atoms with Gasteiger partial charge in [0, 0.05) is 25.7 Å². The molecule has 0 radical (unpaired) electrons. The summed E-state index contributed by atoms with van der Waals surface area (Å²) in [6.45, 7) is 5.41. The molecule has 0 unspecified atom stereocenters. The third kappa shape index (κ3) is 3.37. The Morgan fingerprint density at radius 2 is 1.95 bits per heavy atom. The summed E-state index contributed by atoms with van der Waals surface area (Å²) in [4.78, 5) is 27.4. The van der Waals surface area contributed by atoms with Gasteiger partial charge in [-0.05, 0) is 47.5 Å². The number of carbonyl (C=O) groups excluding carboxylic acids is 2. The SMILES string of the molecule is COc1ccc(CN2CCN(C(C)C)C(=O)C2=O)cc1Br. The molecule has 1 aliphatic heterocycles. The molecule has 0 aliphatic carbocycles. The first-order valence-electron chi connectivity index (χ1n) is 6.86. The van der Waals surface area contributed by atoms with Gasteiger partial charge in [0.2, 0.25) is 0 Å². The molecule has 21 heavy (non-hydrogen) atoms. The van der Waals surface area contributed by atoms with Crippen LogP contribution in [0.4, 0.5) is 0 Å². The summed E-state index contributed by atoms with van der Waals surface area (Å²) in [5, 5.41) is 0. The van der Waals surface area contributed by atoms with Gasteiger partial charge in [-0.25, -0.2) is 0 Å². The smallest absolute Gasteiger partial charge is 0.312 e. The summed E-state index contributed by atoms with van der Waals surface area (Å²) in [5.41, 5.74) is 0.960. The minimum Gasteiger partial charge on any atom is -0.496 e. The van der Waals surface area contributed by atoms with E-state index in [0.717, 1.165) is 15.8 Å². The molecule has 0 spiro atoms. The number of benzene rings is 1. The standard InChI is InChI=1S/C15H19BrN2O3/c1-10(2)18-7-6-17(14(19)15(18)20)9-11-4-5-13(21-3)12(16)8-11/h4-5,8,10H,6-7,9H2,1-3H3. The Morgan fingerprint density at radius 1 is 1.24 bits per heavy atom. The number of methoxy groups -OCH3 is 1. The highest BCUT2D eigenvalue weighted by atomic mass is 79.9. The second-order valence-electron chi connectivity index (χ2n) is 5.29. The molecule has 1 aliphatic rings. The molecule has 1 fully saturated rings. The molecule has 2 rings (SSSR count). The molecule has 1 aromatic rings. The zero-order valence-corrected chi connectivity index (χ0v) is 14.0. The number of halogens is 1. The van der Waals surface area contributed by atoms with Crippen LogP contribution < -0.4 is 4.74 Å². The number of carbonyl (C=O) groups is 2. The lowest BCUT2D eigenvalue weighted by atomic mass is 10.1. The van der Waals surface area contributed by atoms with Crippen molar-refractivity contribution >= 4 is 27.7 Å². The largest absolute Gasteiger partial charge is 0.496 e. The average molecular weight is 355 g/mol. The van der Waals surface area contributed by atoms with Gasteiger partial charge in [-0.1, -0.05) is 6.07 Å². The van der Waals surface area contributed by atoms with Gasteiger partial charge in [-0.2, -0.15) is 0 Å². The van der Waals surface area contributed by atoms with Gasteiger partial charge in [0.05, 0.1) is 11.6 Å². The van der Waals surface area contributed by atoms with Gasteiger partial charge in [-0.15, -0.1) is 0 Å². The lowest BCUT2D eigenvalue weighted by Crippen LogP contribution is -2.55. The molecule has 0 saturated carbocycles. The van der Waals surface area contributed by atoms with Crippen LogP contribution in [0.25, 0.3) is 0 Å². The molecule has 0 N–H and O–H groups in total. The van der Waals surface area contributed by atoms with E-state index in [1.165, 1.54) is 0 Å². The summed E-state index contributed by atoms with van der Waals surface area (Å²) in [6, 6.07) is 5.70. The predicted molar refractivity (Wildman–Crippen MR) is 83.0 cm³/mol. The van der Waals surface area contributed by atoms with Gasteiger partial charge in [-0.3, -0.25) is 9.59 Å². The van der Waals surface area contributed by atoms with E-state index in [1.54, 1.807) is 16.9 Å². The lowest BCUT2D eigenvalue weighted by molar-refractivity contribution is -0.157. The van der Waals surface area contributed by atoms with E-state index in [2.05, 4.69) is 15.9 Å². The van der Waals surface area contributed by atoms with E-state index in [9.17, 15) is 9.59 Å². The van der Waals surface area contributed by atoms with Crippen molar-refractivity contribution < 1.29 is 14.3 Å². The third-order valence-corrected chi connectivity index (χ3v) is 4.17. The first kappa shape index (κ1) is 15.8. The summed E-state index contributed by atoms with van der Waals surface area (Å²) in [7, 11) is 1.60. The summed E-state index contributed by atoms with van der Waals surface area (Å²) < 4.78 is 6.02. The van der Waals surface area contributed by atoms with Crippen molar-refractivity contribution in [2.45, 2.75) is 26.4 Å². The Hall–Kier alpha value is -1.56. The molecule has 0 atom stereocenters. The minimum atomic E-state index is -0.429. The quantitative estimate of drug-likeness (QED) is 0.777. The van der Waals surface area contributed by atoms with Crippen LogP contribution in [0.15, 0.2) is 22.7 Å². The predicted octanol–water partition coefficient (Wildman–Crippen LogP) is 2.04. The summed E-state index contributed by atoms with van der Waals surface area (Å²) in [6.07, 6.45) is 0. The zero-order chi connectivity index (χ0) is 15.6. The number of hydrogen-bond donors (Lipinski definition) is 0. The maximum absolute atomic E-state index is 12.2. The summed E-state index contributed by atoms with van der Waals surface area (Å²) >= 11 is 3.42. The van der Waals surface area contributed by atoms with Gasteiger partial charge >= 0.3 is 11.8 Å². The molecule has 1 heterocycles. The molecule has 114 valence electrons. The van der Waals surface area contributed by atoms with E-state index in [-0.39, 0.29) is 6.04 Å². The Labute approximate surface area is 133 Å². The Bertz CT molecular complexity index is 560. The van der Waals surface area contributed by atoms with Crippen molar-refractivity contribution in [1.82, 2.24) is 9.80 Å². The van der Waals surface area contributed by atoms with Crippen molar-refractivity contribution in [2.24, 2.45) is 0 Å². The van der Waals surface area contributed by atoms with Crippen molar-refractivity contribution in [3.63, 3.8) is 0 Å². The number of piperazine rings is 1. The number of nitrogens with zero attached hydrogens (tertiary/aromatic N) is 2. The van der Waals surface area contributed by atoms with E-state index in [0.29, 0.717) is 19.6 Å². The van der Waals surface area contributed by atoms with Crippen LogP contribution >= 0.6 is 15.9 Å². The molecule has 0 bridgehead atoms. The molecular formula is C15H19BrN2O3. The van der Waals surface area contributed by atoms with E-state index >= 15 is 0 Å². The number of ether oxygens (including phenoxy) is 1. The second-order valence-corrected chi connectivity index (χ2v) is 6.14. The molecule has 6 heteroatoms. The van der Waals surface area contributed by atoms with Crippen molar-refractivity contribution in [3.8, 4) is 5.75 Å². The lowest BCUT2D eigenvalue weighted by Gasteiger charge is -2.36. The van der Waals surface area contributed by atoms with Crippen LogP contribution in [0.2, 0.25) is 0 Å². The molecular weight excluding hydrogens is 336 g/mol. The molecule has 1 saturated heterocycles. The van der Waals surface area contributed by atoms with E-state index < -0.39 is 11.8 Å². The highest BCUT2D eigenvalue weighted by molar-refractivity contribution is 9.10. The monoisotopic (exact) mass is 354 g/mol. The van der Waals surface area contributed by atoms with Gasteiger partial charge < -0.3 is 14.5 Å². The first-order chi connectivity index (χ1) is 9.93. The second kappa shape index (κ2) is 6.47. The Balaban J connectivity index is 2.09. The van der Waals surface area contributed by atoms with Crippen molar-refractivity contribution in [2.75, 3.05) is 20.2 Å². The van der Waals surface area contributed by atoms with Crippen LogP contribution in [-0.4, -0.2) is 47.9 Å². The highest BCUT2D eigenvalue weighted by Gasteiger charge is 2.33. The van der Waals surface area contributed by atoms with Gasteiger partial charge in [0.15, 0.2) is 0 Å². The number of amides is 2. The fourth-order valence-corrected chi connectivity index (χ4v) is 2.95. The first-order valence-corrected chi connectivity index (χ1v) is 7.65. The van der Waals surface area contributed by atoms with Crippen LogP contribution in [0.1, 0.15) is 19.4 Å². The van der Waals surface area contributed by atoms with Gasteiger partial charge in [0.1, 0.15) is 5.75 Å². The zero-order valence-electron chi connectivity index (χ0n) is 12.4. The topological polar surface area (TPSA) is 49.9 Å². The van der Waals surface area contributed by atoms with Gasteiger partial charge in [0.25, 0.3) is 0 Å². The maximum Gasteiger partial charge on any atom is 0.312 e. The molecule has 5 nitrogen and oxygen atoms in total. The minimum absolute atomic E-state index is 0.0544. The van der Waals surface area contributed by atoms with Crippen molar-refractivity contribution in [3.05, 3.63) is 28.2 Å². The van der Waals surface area contributed by atoms with E-state index in [4.69, 9.17) is 4.74 Å². The van der Waals surface area contributed by atoms with Crippen LogP contribution in [0.3, 0.4) is 0 Å². The fraction of sp³-hybridized carbons (Fsp3) is 0.467. The number of hydrogen-bond acceptors (Lipinski definition) is 3. The average Bonchev–Trinajstić information content (AvgIpc) is 2.44. The Kier molecular flexibility index (Phi) is 4.88. The van der Waals surface area contributed by atoms with Crippen LogP contribution in [-0.2, 0) is 16.1 Å². The maximum atomic E-state index is 12.2. The Morgan fingerprint density at radius 3 is 2.52 bits per heavy atom. The van der Waals surface area contributed by atoms with E-state index in [1.807, 2.05) is 32.0 Å². The summed E-state index contributed by atoms with van der Waals surface area (Å²) in [5.74, 6) is -0.100.